The summed E-state index contributed by atoms with van der Waals surface area (Å²) in [4.78, 5) is 0. The predicted octanol–water partition coefficient (Wildman–Crippen LogP) is 6.47. The van der Waals surface area contributed by atoms with E-state index in [0.29, 0.717) is 16.2 Å². The SMILES string of the molecule is C[C@H](CCC(C)(C)N)[C@@]1(C)CCC2C3CC=C4C[C@@H](O)CC[C@]4(C)C3CC[C@@]21C. The molecule has 3 N–H and O–H groups in total. The summed E-state index contributed by atoms with van der Waals surface area (Å²) < 4.78 is 0. The molecule has 4 rings (SSSR count). The largest absolute Gasteiger partial charge is 0.393 e. The molecular formula is C27H47NO. The summed E-state index contributed by atoms with van der Waals surface area (Å²) in [6, 6.07) is 0. The second-order valence-electron chi connectivity index (χ2n) is 13.0. The molecule has 8 atom stereocenters. The number of allylic oxidation sites excluding steroid dienone is 1. The maximum absolute atomic E-state index is 10.2. The second kappa shape index (κ2) is 7.09. The molecule has 0 aromatic heterocycles. The van der Waals surface area contributed by atoms with Gasteiger partial charge >= 0.3 is 0 Å². The molecule has 0 heterocycles. The summed E-state index contributed by atoms with van der Waals surface area (Å²) in [5.41, 5.74) is 9.17. The molecule has 2 heteroatoms. The van der Waals surface area contributed by atoms with Gasteiger partial charge in [-0.2, -0.15) is 0 Å². The lowest BCUT2D eigenvalue weighted by molar-refractivity contribution is -0.0892. The van der Waals surface area contributed by atoms with Gasteiger partial charge in [-0.3, -0.25) is 0 Å². The van der Waals surface area contributed by atoms with Gasteiger partial charge in [0.05, 0.1) is 6.10 Å². The van der Waals surface area contributed by atoms with E-state index in [0.717, 1.165) is 42.9 Å². The number of aliphatic hydroxyl groups excluding tert-OH is 1. The molecule has 0 saturated heterocycles. The van der Waals surface area contributed by atoms with Gasteiger partial charge in [-0.1, -0.05) is 39.3 Å². The number of rotatable bonds is 4. The summed E-state index contributed by atoms with van der Waals surface area (Å²) in [5, 5.41) is 10.2. The van der Waals surface area contributed by atoms with Crippen LogP contribution in [0.1, 0.15) is 106 Å². The lowest BCUT2D eigenvalue weighted by Crippen LogP contribution is -2.53. The van der Waals surface area contributed by atoms with E-state index >= 15 is 0 Å². The topological polar surface area (TPSA) is 46.2 Å². The van der Waals surface area contributed by atoms with E-state index in [1.54, 1.807) is 5.57 Å². The first-order valence-corrected chi connectivity index (χ1v) is 12.6. The number of fused-ring (bicyclic) bond motifs is 5. The zero-order valence-corrected chi connectivity index (χ0v) is 20.1. The Hall–Kier alpha value is -0.340. The minimum atomic E-state index is -0.0952. The van der Waals surface area contributed by atoms with Crippen molar-refractivity contribution in [3.63, 3.8) is 0 Å². The van der Waals surface area contributed by atoms with Gasteiger partial charge in [0.2, 0.25) is 0 Å². The van der Waals surface area contributed by atoms with Gasteiger partial charge in [0.25, 0.3) is 0 Å². The van der Waals surface area contributed by atoms with Crippen molar-refractivity contribution in [2.75, 3.05) is 0 Å². The first kappa shape index (κ1) is 21.9. The molecule has 0 amide bonds. The molecule has 4 aliphatic rings. The van der Waals surface area contributed by atoms with Crippen molar-refractivity contribution in [3.05, 3.63) is 11.6 Å². The molecule has 2 nitrogen and oxygen atoms in total. The van der Waals surface area contributed by atoms with Gasteiger partial charge < -0.3 is 10.8 Å². The first-order chi connectivity index (χ1) is 13.4. The highest BCUT2D eigenvalue weighted by atomic mass is 16.3. The summed E-state index contributed by atoms with van der Waals surface area (Å²) in [6.07, 6.45) is 14.9. The Morgan fingerprint density at radius 3 is 2.48 bits per heavy atom. The quantitative estimate of drug-likeness (QED) is 0.530. The van der Waals surface area contributed by atoms with Crippen LogP contribution in [-0.2, 0) is 0 Å². The molecule has 0 spiro atoms. The Balaban J connectivity index is 1.57. The van der Waals surface area contributed by atoms with Gasteiger partial charge in [-0.05, 0) is 118 Å². The monoisotopic (exact) mass is 401 g/mol. The molecule has 166 valence electrons. The van der Waals surface area contributed by atoms with Crippen LogP contribution in [-0.4, -0.2) is 16.7 Å². The smallest absolute Gasteiger partial charge is 0.0577 e. The van der Waals surface area contributed by atoms with E-state index < -0.39 is 0 Å². The molecule has 0 aliphatic heterocycles. The fourth-order valence-electron chi connectivity index (χ4n) is 8.66. The summed E-state index contributed by atoms with van der Waals surface area (Å²) in [6.45, 7) is 14.7. The highest BCUT2D eigenvalue weighted by molar-refractivity contribution is 5.26. The fourth-order valence-corrected chi connectivity index (χ4v) is 8.66. The van der Waals surface area contributed by atoms with Gasteiger partial charge in [-0.15, -0.1) is 0 Å². The summed E-state index contributed by atoms with van der Waals surface area (Å²) >= 11 is 0. The number of hydrogen-bond donors (Lipinski definition) is 2. The van der Waals surface area contributed by atoms with E-state index in [1.165, 1.54) is 44.9 Å². The van der Waals surface area contributed by atoms with E-state index in [4.69, 9.17) is 5.73 Å². The number of aliphatic hydroxyl groups is 1. The van der Waals surface area contributed by atoms with Crippen LogP contribution in [0.2, 0.25) is 0 Å². The van der Waals surface area contributed by atoms with Crippen LogP contribution in [0.5, 0.6) is 0 Å². The molecule has 0 aromatic carbocycles. The minimum absolute atomic E-state index is 0.0497. The van der Waals surface area contributed by atoms with Crippen molar-refractivity contribution in [1.82, 2.24) is 0 Å². The maximum atomic E-state index is 10.2. The normalized spacial score (nSPS) is 48.3. The zero-order valence-electron chi connectivity index (χ0n) is 20.1. The van der Waals surface area contributed by atoms with Gasteiger partial charge in [0.15, 0.2) is 0 Å². The molecule has 29 heavy (non-hydrogen) atoms. The third-order valence-corrected chi connectivity index (χ3v) is 11.1. The van der Waals surface area contributed by atoms with Crippen molar-refractivity contribution in [2.24, 2.45) is 45.7 Å². The minimum Gasteiger partial charge on any atom is -0.393 e. The Labute approximate surface area is 180 Å². The maximum Gasteiger partial charge on any atom is 0.0577 e. The van der Waals surface area contributed by atoms with Crippen molar-refractivity contribution in [3.8, 4) is 0 Å². The molecule has 0 aromatic rings. The zero-order chi connectivity index (χ0) is 21.2. The second-order valence-corrected chi connectivity index (χ2v) is 13.0. The van der Waals surface area contributed by atoms with Crippen LogP contribution in [0.25, 0.3) is 0 Å². The van der Waals surface area contributed by atoms with Crippen molar-refractivity contribution in [2.45, 2.75) is 117 Å². The fraction of sp³-hybridized carbons (Fsp3) is 0.926. The lowest BCUT2D eigenvalue weighted by Gasteiger charge is -2.60. The molecule has 0 bridgehead atoms. The standard InChI is InChI=1S/C27H47NO/c1-18(9-13-24(2,3)28)26(5)15-12-23-21-8-7-19-17-20(29)10-14-25(19,4)22(21)11-16-27(23,26)6/h7,18,20-23,29H,8-17,28H2,1-6H3/t18-,20+,21?,22?,23?,25+,26-,27+/m1/s1. The lowest BCUT2D eigenvalue weighted by atomic mass is 9.44. The Morgan fingerprint density at radius 2 is 1.79 bits per heavy atom. The molecule has 4 aliphatic carbocycles. The molecular weight excluding hydrogens is 354 g/mol. The number of hydrogen-bond acceptors (Lipinski definition) is 2. The Morgan fingerprint density at radius 1 is 1.10 bits per heavy atom. The van der Waals surface area contributed by atoms with Gasteiger partial charge in [0, 0.05) is 5.54 Å². The van der Waals surface area contributed by atoms with Crippen molar-refractivity contribution >= 4 is 0 Å². The Kier molecular flexibility index (Phi) is 5.35. The average Bonchev–Trinajstić information content (AvgIpc) is 2.92. The van der Waals surface area contributed by atoms with Gasteiger partial charge in [-0.25, -0.2) is 0 Å². The molecule has 0 radical (unpaired) electrons. The van der Waals surface area contributed by atoms with Gasteiger partial charge in [0.1, 0.15) is 0 Å². The molecule has 3 unspecified atom stereocenters. The average molecular weight is 402 g/mol. The Bertz CT molecular complexity index is 662. The van der Waals surface area contributed by atoms with Crippen LogP contribution in [0.3, 0.4) is 0 Å². The van der Waals surface area contributed by atoms with E-state index in [1.807, 2.05) is 0 Å². The predicted molar refractivity (Wildman–Crippen MR) is 122 cm³/mol. The van der Waals surface area contributed by atoms with Crippen molar-refractivity contribution < 1.29 is 5.11 Å². The van der Waals surface area contributed by atoms with E-state index in [9.17, 15) is 5.11 Å². The summed E-state index contributed by atoms with van der Waals surface area (Å²) in [7, 11) is 0. The first-order valence-electron chi connectivity index (χ1n) is 12.6. The summed E-state index contributed by atoms with van der Waals surface area (Å²) in [5.74, 6) is 3.32. The molecule has 3 saturated carbocycles. The third kappa shape index (κ3) is 3.36. The highest BCUT2D eigenvalue weighted by Crippen LogP contribution is 2.71. The highest BCUT2D eigenvalue weighted by Gasteiger charge is 2.63. The molecule has 3 fully saturated rings. The third-order valence-electron chi connectivity index (χ3n) is 11.1. The van der Waals surface area contributed by atoms with Crippen molar-refractivity contribution in [1.29, 1.82) is 0 Å². The van der Waals surface area contributed by atoms with E-state index in [-0.39, 0.29) is 11.6 Å². The van der Waals surface area contributed by atoms with Crippen LogP contribution in [0.15, 0.2) is 11.6 Å². The van der Waals surface area contributed by atoms with Crippen LogP contribution in [0.4, 0.5) is 0 Å². The van der Waals surface area contributed by atoms with E-state index in [2.05, 4.69) is 47.6 Å². The van der Waals surface area contributed by atoms with Crippen LogP contribution >= 0.6 is 0 Å². The van der Waals surface area contributed by atoms with Crippen LogP contribution in [0, 0.1) is 39.9 Å². The van der Waals surface area contributed by atoms with Crippen LogP contribution < -0.4 is 5.73 Å². The number of nitrogens with two attached hydrogens (primary N) is 1.